The first kappa shape index (κ1) is 14.8. The zero-order valence-electron chi connectivity index (χ0n) is 11.4. The molecule has 5 nitrogen and oxygen atoms in total. The monoisotopic (exact) mass is 306 g/mol. The van der Waals surface area contributed by atoms with Crippen LogP contribution < -0.4 is 0 Å². The molecule has 1 aliphatic rings. The zero-order valence-corrected chi connectivity index (χ0v) is 13.0. The summed E-state index contributed by atoms with van der Waals surface area (Å²) in [5.74, 6) is 0. The first-order valence-electron chi connectivity index (χ1n) is 6.37. The van der Waals surface area contributed by atoms with Crippen LogP contribution in [0.3, 0.4) is 0 Å². The van der Waals surface area contributed by atoms with Gasteiger partial charge in [-0.2, -0.15) is 5.10 Å². The van der Waals surface area contributed by atoms with Crippen LogP contribution in [0.2, 0.25) is 0 Å². The standard InChI is InChI=1S/C12H19ClN2O3S/c1-8-12(19(13,16)17)9(2)15(14-8)10-5-4-6-11(7-10)18-3/h10-11H,4-7H2,1-3H3. The Labute approximate surface area is 118 Å². The van der Waals surface area contributed by atoms with Crippen molar-refractivity contribution in [3.8, 4) is 0 Å². The Morgan fingerprint density at radius 3 is 2.58 bits per heavy atom. The molecule has 1 aromatic rings. The van der Waals surface area contributed by atoms with Gasteiger partial charge < -0.3 is 4.74 Å². The van der Waals surface area contributed by atoms with E-state index < -0.39 is 9.05 Å². The molecule has 0 N–H and O–H groups in total. The maximum Gasteiger partial charge on any atom is 0.264 e. The van der Waals surface area contributed by atoms with Gasteiger partial charge in [-0.1, -0.05) is 0 Å². The van der Waals surface area contributed by atoms with Gasteiger partial charge in [-0.25, -0.2) is 8.42 Å². The lowest BCUT2D eigenvalue weighted by Gasteiger charge is -2.29. The summed E-state index contributed by atoms with van der Waals surface area (Å²) in [6.07, 6.45) is 4.18. The maximum absolute atomic E-state index is 11.6. The van der Waals surface area contributed by atoms with Crippen molar-refractivity contribution >= 4 is 19.7 Å². The highest BCUT2D eigenvalue weighted by Gasteiger charge is 2.29. The van der Waals surface area contributed by atoms with Gasteiger partial charge in [0.25, 0.3) is 9.05 Å². The number of halogens is 1. The third-order valence-electron chi connectivity index (χ3n) is 3.78. The molecule has 1 saturated carbocycles. The van der Waals surface area contributed by atoms with E-state index in [2.05, 4.69) is 5.10 Å². The van der Waals surface area contributed by atoms with Crippen LogP contribution in [0.25, 0.3) is 0 Å². The van der Waals surface area contributed by atoms with E-state index in [0.29, 0.717) is 11.4 Å². The molecule has 1 aliphatic carbocycles. The van der Waals surface area contributed by atoms with Crippen molar-refractivity contribution in [1.82, 2.24) is 9.78 Å². The van der Waals surface area contributed by atoms with Crippen LogP contribution in [0.4, 0.5) is 0 Å². The second-order valence-electron chi connectivity index (χ2n) is 5.06. The summed E-state index contributed by atoms with van der Waals surface area (Å²) in [7, 11) is 3.44. The molecule has 0 bridgehead atoms. The van der Waals surface area contributed by atoms with Crippen LogP contribution in [0, 0.1) is 13.8 Å². The number of ether oxygens (including phenoxy) is 1. The quantitative estimate of drug-likeness (QED) is 0.805. The normalized spacial score (nSPS) is 24.6. The number of aryl methyl sites for hydroxylation is 1. The predicted octanol–water partition coefficient (Wildman–Crippen LogP) is 2.56. The van der Waals surface area contributed by atoms with Crippen molar-refractivity contribution in [2.75, 3.05) is 7.11 Å². The average molecular weight is 307 g/mol. The van der Waals surface area contributed by atoms with Crippen LogP contribution in [0.5, 0.6) is 0 Å². The van der Waals surface area contributed by atoms with E-state index in [9.17, 15) is 8.42 Å². The van der Waals surface area contributed by atoms with E-state index in [0.717, 1.165) is 25.7 Å². The van der Waals surface area contributed by atoms with Crippen LogP contribution in [-0.4, -0.2) is 31.4 Å². The second kappa shape index (κ2) is 5.42. The molecule has 0 saturated heterocycles. The molecule has 2 atom stereocenters. The molecule has 1 heterocycles. The lowest BCUT2D eigenvalue weighted by Crippen LogP contribution is -2.25. The molecule has 0 radical (unpaired) electrons. The van der Waals surface area contributed by atoms with E-state index >= 15 is 0 Å². The van der Waals surface area contributed by atoms with Gasteiger partial charge >= 0.3 is 0 Å². The van der Waals surface area contributed by atoms with Gasteiger partial charge in [-0.15, -0.1) is 0 Å². The summed E-state index contributed by atoms with van der Waals surface area (Å²) in [4.78, 5) is 0.147. The van der Waals surface area contributed by atoms with Crippen molar-refractivity contribution in [2.24, 2.45) is 0 Å². The highest BCUT2D eigenvalue weighted by atomic mass is 35.7. The number of methoxy groups -OCH3 is 1. The molecule has 1 fully saturated rings. The van der Waals surface area contributed by atoms with Crippen molar-refractivity contribution < 1.29 is 13.2 Å². The topological polar surface area (TPSA) is 61.2 Å². The van der Waals surface area contributed by atoms with Crippen LogP contribution >= 0.6 is 10.7 Å². The lowest BCUT2D eigenvalue weighted by atomic mass is 9.93. The molecule has 2 rings (SSSR count). The fourth-order valence-electron chi connectivity index (χ4n) is 2.91. The van der Waals surface area contributed by atoms with Crippen molar-refractivity contribution in [3.05, 3.63) is 11.4 Å². The number of hydrogen-bond donors (Lipinski definition) is 0. The fraction of sp³-hybridized carbons (Fsp3) is 0.750. The number of nitrogens with zero attached hydrogens (tertiary/aromatic N) is 2. The minimum absolute atomic E-state index is 0.147. The van der Waals surface area contributed by atoms with Gasteiger partial charge in [0.05, 0.1) is 23.5 Å². The Morgan fingerprint density at radius 1 is 1.37 bits per heavy atom. The number of aromatic nitrogens is 2. The van der Waals surface area contributed by atoms with Gasteiger partial charge in [0.15, 0.2) is 0 Å². The smallest absolute Gasteiger partial charge is 0.264 e. The van der Waals surface area contributed by atoms with Crippen LogP contribution in [-0.2, 0) is 13.8 Å². The van der Waals surface area contributed by atoms with Gasteiger partial charge in [-0.3, -0.25) is 4.68 Å². The summed E-state index contributed by atoms with van der Waals surface area (Å²) in [6.45, 7) is 3.43. The van der Waals surface area contributed by atoms with E-state index in [1.807, 2.05) is 0 Å². The van der Waals surface area contributed by atoms with Crippen molar-refractivity contribution in [2.45, 2.75) is 56.6 Å². The van der Waals surface area contributed by atoms with Crippen molar-refractivity contribution in [1.29, 1.82) is 0 Å². The van der Waals surface area contributed by atoms with Gasteiger partial charge in [0.2, 0.25) is 0 Å². The second-order valence-corrected chi connectivity index (χ2v) is 7.56. The maximum atomic E-state index is 11.6. The average Bonchev–Trinajstić information content (AvgIpc) is 2.64. The Hall–Kier alpha value is -0.590. The molecule has 0 amide bonds. The Morgan fingerprint density at radius 2 is 2.05 bits per heavy atom. The number of hydrogen-bond acceptors (Lipinski definition) is 4. The van der Waals surface area contributed by atoms with Gasteiger partial charge in [-0.05, 0) is 39.5 Å². The highest BCUT2D eigenvalue weighted by Crippen LogP contribution is 2.33. The Balaban J connectivity index is 2.36. The molecular weight excluding hydrogens is 288 g/mol. The molecule has 0 spiro atoms. The molecular formula is C12H19ClN2O3S. The minimum Gasteiger partial charge on any atom is -0.381 e. The SMILES string of the molecule is COC1CCCC(n2nc(C)c(S(=O)(=O)Cl)c2C)C1. The molecule has 19 heavy (non-hydrogen) atoms. The minimum atomic E-state index is -3.74. The molecule has 108 valence electrons. The highest BCUT2D eigenvalue weighted by molar-refractivity contribution is 8.13. The summed E-state index contributed by atoms with van der Waals surface area (Å²) in [5.41, 5.74) is 1.08. The van der Waals surface area contributed by atoms with Crippen LogP contribution in [0.15, 0.2) is 4.90 Å². The van der Waals surface area contributed by atoms with E-state index in [4.69, 9.17) is 15.4 Å². The molecule has 7 heteroatoms. The summed E-state index contributed by atoms with van der Waals surface area (Å²) < 4.78 is 30.4. The van der Waals surface area contributed by atoms with Gasteiger partial charge in [0.1, 0.15) is 4.90 Å². The molecule has 1 aromatic heterocycles. The Bertz CT molecular complexity index is 568. The van der Waals surface area contributed by atoms with Crippen LogP contribution in [0.1, 0.15) is 43.1 Å². The largest absolute Gasteiger partial charge is 0.381 e. The predicted molar refractivity (Wildman–Crippen MR) is 73.0 cm³/mol. The molecule has 0 aromatic carbocycles. The molecule has 2 unspecified atom stereocenters. The lowest BCUT2D eigenvalue weighted by molar-refractivity contribution is 0.0503. The van der Waals surface area contributed by atoms with E-state index in [-0.39, 0.29) is 17.0 Å². The number of rotatable bonds is 3. The van der Waals surface area contributed by atoms with E-state index in [1.165, 1.54) is 0 Å². The summed E-state index contributed by atoms with van der Waals surface area (Å²) in [6, 6.07) is 0.185. The van der Waals surface area contributed by atoms with Gasteiger partial charge in [0, 0.05) is 17.8 Å². The zero-order chi connectivity index (χ0) is 14.2. The third-order valence-corrected chi connectivity index (χ3v) is 5.32. The first-order valence-corrected chi connectivity index (χ1v) is 8.68. The third kappa shape index (κ3) is 2.95. The van der Waals surface area contributed by atoms with Crippen molar-refractivity contribution in [3.63, 3.8) is 0 Å². The Kier molecular flexibility index (Phi) is 4.23. The molecule has 0 aliphatic heterocycles. The van der Waals surface area contributed by atoms with E-state index in [1.54, 1.807) is 25.6 Å². The first-order chi connectivity index (χ1) is 8.84. The summed E-state index contributed by atoms with van der Waals surface area (Å²) >= 11 is 0. The summed E-state index contributed by atoms with van der Waals surface area (Å²) in [5, 5.41) is 4.37. The fourth-order valence-corrected chi connectivity index (χ4v) is 4.42.